The van der Waals surface area contributed by atoms with E-state index in [1.807, 2.05) is 6.92 Å². The summed E-state index contributed by atoms with van der Waals surface area (Å²) in [6.07, 6.45) is 0.349. The highest BCUT2D eigenvalue weighted by atomic mass is 32.2. The molecule has 3 aromatic rings. The minimum atomic E-state index is -0.735. The smallest absolute Gasteiger partial charge is 0.254 e. The Balaban J connectivity index is 1.54. The lowest BCUT2D eigenvalue weighted by molar-refractivity contribution is -0.113. The van der Waals surface area contributed by atoms with Crippen molar-refractivity contribution in [1.82, 2.24) is 20.1 Å². The van der Waals surface area contributed by atoms with Crippen LogP contribution in [0.5, 0.6) is 0 Å². The van der Waals surface area contributed by atoms with E-state index in [1.54, 1.807) is 10.6 Å². The van der Waals surface area contributed by atoms with Gasteiger partial charge in [-0.25, -0.2) is 13.2 Å². The molecule has 11 heteroatoms. The highest BCUT2D eigenvalue weighted by Gasteiger charge is 2.15. The number of carbonyl (C=O) groups is 2. The average molecular weight is 463 g/mol. The van der Waals surface area contributed by atoms with E-state index in [-0.39, 0.29) is 23.5 Å². The zero-order valence-corrected chi connectivity index (χ0v) is 17.9. The van der Waals surface area contributed by atoms with Crippen molar-refractivity contribution in [3.05, 3.63) is 71.3 Å². The Kier molecular flexibility index (Phi) is 7.87. The predicted molar refractivity (Wildman–Crippen MR) is 114 cm³/mol. The maximum atomic E-state index is 13.7. The van der Waals surface area contributed by atoms with Gasteiger partial charge in [-0.2, -0.15) is 0 Å². The number of nitrogens with zero attached hydrogens (tertiary/aromatic N) is 3. The van der Waals surface area contributed by atoms with Gasteiger partial charge in [-0.3, -0.25) is 9.59 Å². The number of amides is 2. The maximum Gasteiger partial charge on any atom is 0.254 e. The Bertz CT molecular complexity index is 1120. The summed E-state index contributed by atoms with van der Waals surface area (Å²) in [5.74, 6) is -2.55. The second kappa shape index (κ2) is 10.8. The SMILES string of the molecule is CCn1c(CCNC(=O)c2ccccc2F)nnc1SCC(=O)Nc1cc(F)ccc1F. The summed E-state index contributed by atoms with van der Waals surface area (Å²) in [7, 11) is 0. The van der Waals surface area contributed by atoms with Crippen molar-refractivity contribution in [2.24, 2.45) is 0 Å². The summed E-state index contributed by atoms with van der Waals surface area (Å²) >= 11 is 1.09. The lowest BCUT2D eigenvalue weighted by Crippen LogP contribution is -2.27. The van der Waals surface area contributed by atoms with E-state index in [0.29, 0.717) is 23.9 Å². The van der Waals surface area contributed by atoms with Crippen molar-refractivity contribution in [2.45, 2.75) is 25.0 Å². The predicted octanol–water partition coefficient (Wildman–Crippen LogP) is 3.42. The molecule has 0 saturated carbocycles. The number of nitrogens with one attached hydrogen (secondary N) is 2. The van der Waals surface area contributed by atoms with Gasteiger partial charge in [-0.1, -0.05) is 23.9 Å². The standard InChI is InChI=1S/C21H20F3N5O2S/c1-2-29-18(9-10-25-20(31)14-5-3-4-6-15(14)23)27-28-21(29)32-12-19(30)26-17-11-13(22)7-8-16(17)24/h3-8,11H,2,9-10,12H2,1H3,(H,25,31)(H,26,30). The summed E-state index contributed by atoms with van der Waals surface area (Å²) < 4.78 is 42.3. The number of aromatic nitrogens is 3. The Morgan fingerprint density at radius 1 is 1.06 bits per heavy atom. The van der Waals surface area contributed by atoms with E-state index in [2.05, 4.69) is 20.8 Å². The van der Waals surface area contributed by atoms with Crippen molar-refractivity contribution in [3.63, 3.8) is 0 Å². The topological polar surface area (TPSA) is 88.9 Å². The van der Waals surface area contributed by atoms with Gasteiger partial charge in [0.25, 0.3) is 5.91 Å². The second-order valence-corrected chi connectivity index (χ2v) is 7.53. The summed E-state index contributed by atoms with van der Waals surface area (Å²) in [5.41, 5.74) is -0.278. The highest BCUT2D eigenvalue weighted by molar-refractivity contribution is 7.99. The number of rotatable bonds is 9. The third-order valence-electron chi connectivity index (χ3n) is 4.40. The molecule has 0 bridgehead atoms. The van der Waals surface area contributed by atoms with Crippen molar-refractivity contribution >= 4 is 29.3 Å². The first-order valence-electron chi connectivity index (χ1n) is 9.71. The molecule has 0 aliphatic rings. The van der Waals surface area contributed by atoms with Crippen LogP contribution in [0.25, 0.3) is 0 Å². The van der Waals surface area contributed by atoms with E-state index < -0.39 is 29.3 Å². The number of thioether (sulfide) groups is 1. The Morgan fingerprint density at radius 3 is 2.59 bits per heavy atom. The van der Waals surface area contributed by atoms with E-state index in [1.165, 1.54) is 18.2 Å². The third-order valence-corrected chi connectivity index (χ3v) is 5.36. The number of carbonyl (C=O) groups excluding carboxylic acids is 2. The fraction of sp³-hybridized carbons (Fsp3) is 0.238. The van der Waals surface area contributed by atoms with E-state index in [0.717, 1.165) is 30.0 Å². The molecule has 168 valence electrons. The molecule has 0 radical (unpaired) electrons. The fourth-order valence-corrected chi connectivity index (χ4v) is 3.69. The van der Waals surface area contributed by atoms with Crippen LogP contribution in [0, 0.1) is 17.5 Å². The number of anilines is 1. The molecule has 7 nitrogen and oxygen atoms in total. The van der Waals surface area contributed by atoms with Crippen molar-refractivity contribution in [1.29, 1.82) is 0 Å². The van der Waals surface area contributed by atoms with Crippen molar-refractivity contribution in [3.8, 4) is 0 Å². The fourth-order valence-electron chi connectivity index (χ4n) is 2.87. The molecular weight excluding hydrogens is 443 g/mol. The quantitative estimate of drug-likeness (QED) is 0.475. The molecule has 1 heterocycles. The number of halogens is 3. The molecule has 0 atom stereocenters. The number of hydrogen-bond donors (Lipinski definition) is 2. The monoisotopic (exact) mass is 463 g/mol. The van der Waals surface area contributed by atoms with Gasteiger partial charge in [0.2, 0.25) is 5.91 Å². The molecule has 1 aromatic heterocycles. The molecular formula is C21H20F3N5O2S. The lowest BCUT2D eigenvalue weighted by Gasteiger charge is -2.09. The van der Waals surface area contributed by atoms with Gasteiger partial charge in [0.1, 0.15) is 23.3 Å². The average Bonchev–Trinajstić information content (AvgIpc) is 3.16. The summed E-state index contributed by atoms with van der Waals surface area (Å²) in [6.45, 7) is 2.61. The van der Waals surface area contributed by atoms with Gasteiger partial charge in [-0.15, -0.1) is 10.2 Å². The molecule has 0 saturated heterocycles. The molecule has 0 unspecified atom stereocenters. The van der Waals surface area contributed by atoms with Gasteiger partial charge in [-0.05, 0) is 31.2 Å². The number of benzene rings is 2. The minimum Gasteiger partial charge on any atom is -0.351 e. The lowest BCUT2D eigenvalue weighted by atomic mass is 10.2. The zero-order chi connectivity index (χ0) is 23.1. The normalized spacial score (nSPS) is 10.8. The molecule has 0 spiro atoms. The molecule has 0 aliphatic heterocycles. The van der Waals surface area contributed by atoms with E-state index >= 15 is 0 Å². The van der Waals surface area contributed by atoms with Crippen LogP contribution in [0.4, 0.5) is 18.9 Å². The molecule has 0 fully saturated rings. The van der Waals surface area contributed by atoms with Crippen molar-refractivity contribution < 1.29 is 22.8 Å². The molecule has 2 amide bonds. The highest BCUT2D eigenvalue weighted by Crippen LogP contribution is 2.19. The van der Waals surface area contributed by atoms with E-state index in [4.69, 9.17) is 0 Å². The largest absolute Gasteiger partial charge is 0.351 e. The summed E-state index contributed by atoms with van der Waals surface area (Å²) in [4.78, 5) is 24.2. The first-order chi connectivity index (χ1) is 15.4. The molecule has 0 aliphatic carbocycles. The second-order valence-electron chi connectivity index (χ2n) is 6.59. The maximum absolute atomic E-state index is 13.7. The summed E-state index contributed by atoms with van der Waals surface area (Å²) in [6, 6.07) is 8.49. The molecule has 2 aromatic carbocycles. The van der Waals surface area contributed by atoms with Crippen LogP contribution in [0.3, 0.4) is 0 Å². The van der Waals surface area contributed by atoms with Crippen LogP contribution >= 0.6 is 11.8 Å². The van der Waals surface area contributed by atoms with Gasteiger partial charge < -0.3 is 15.2 Å². The molecule has 32 heavy (non-hydrogen) atoms. The van der Waals surface area contributed by atoms with Crippen molar-refractivity contribution in [2.75, 3.05) is 17.6 Å². The molecule has 2 N–H and O–H groups in total. The van der Waals surface area contributed by atoms with Crippen LogP contribution in [-0.4, -0.2) is 38.9 Å². The molecule has 3 rings (SSSR count). The first kappa shape index (κ1) is 23.3. The summed E-state index contributed by atoms with van der Waals surface area (Å²) in [5, 5.41) is 13.6. The van der Waals surface area contributed by atoms with Gasteiger partial charge >= 0.3 is 0 Å². The van der Waals surface area contributed by atoms with Crippen LogP contribution in [-0.2, 0) is 17.8 Å². The van der Waals surface area contributed by atoms with Crippen LogP contribution in [0.15, 0.2) is 47.6 Å². The number of hydrogen-bond acceptors (Lipinski definition) is 5. The Hall–Kier alpha value is -3.34. The van der Waals surface area contributed by atoms with Gasteiger partial charge in [0, 0.05) is 25.6 Å². The zero-order valence-electron chi connectivity index (χ0n) is 17.1. The first-order valence-corrected chi connectivity index (χ1v) is 10.7. The van der Waals surface area contributed by atoms with Gasteiger partial charge in [0.15, 0.2) is 5.16 Å². The van der Waals surface area contributed by atoms with Crippen LogP contribution < -0.4 is 10.6 Å². The van der Waals surface area contributed by atoms with Crippen LogP contribution in [0.2, 0.25) is 0 Å². The Labute approximate surface area is 186 Å². The minimum absolute atomic E-state index is 0.0403. The Morgan fingerprint density at radius 2 is 1.84 bits per heavy atom. The van der Waals surface area contributed by atoms with Crippen LogP contribution in [0.1, 0.15) is 23.1 Å². The third kappa shape index (κ3) is 5.88. The van der Waals surface area contributed by atoms with Gasteiger partial charge in [0.05, 0.1) is 17.0 Å². The van der Waals surface area contributed by atoms with E-state index in [9.17, 15) is 22.8 Å².